The predicted octanol–water partition coefficient (Wildman–Crippen LogP) is 2.74. The Morgan fingerprint density at radius 2 is 1.78 bits per heavy atom. The molecule has 0 bridgehead atoms. The van der Waals surface area contributed by atoms with Crippen LogP contribution in [0.25, 0.3) is 0 Å². The minimum absolute atomic E-state index is 0.0537. The molecule has 0 aliphatic heterocycles. The summed E-state index contributed by atoms with van der Waals surface area (Å²) in [6.45, 7) is 5.01. The molecule has 37 heavy (non-hydrogen) atoms. The number of benzene rings is 1. The standard InChI is InChI=1S/C28H36N4O5/c1-6-19-13-11-12-16-21(19)24(25(34)30-20-14-9-8-10-15-20)32(7-2)26(35)22(17-18-23(29)33)31-27(36)37-28(3,4)5/h1-2,11-13,16,20,22,24H,8-10,14-15,17-18H2,3-5H3,(H2,29,33)(H,30,34)(H,31,36). The molecule has 1 aliphatic rings. The Hall–Kier alpha value is -3.98. The van der Waals surface area contributed by atoms with E-state index in [9.17, 15) is 19.2 Å². The van der Waals surface area contributed by atoms with Gasteiger partial charge in [-0.2, -0.15) is 0 Å². The molecule has 1 aromatic carbocycles. The largest absolute Gasteiger partial charge is 0.444 e. The first-order valence-corrected chi connectivity index (χ1v) is 12.4. The summed E-state index contributed by atoms with van der Waals surface area (Å²) in [5.41, 5.74) is 5.22. The molecule has 2 atom stereocenters. The summed E-state index contributed by atoms with van der Waals surface area (Å²) in [6.07, 6.45) is 15.0. The number of carbonyl (C=O) groups excluding carboxylic acids is 4. The Kier molecular flexibility index (Phi) is 10.6. The highest BCUT2D eigenvalue weighted by Crippen LogP contribution is 2.27. The molecule has 0 aromatic heterocycles. The number of primary amides is 1. The maximum absolute atomic E-state index is 13.7. The zero-order chi connectivity index (χ0) is 27.6. The van der Waals surface area contributed by atoms with Gasteiger partial charge in [-0.05, 0) is 46.1 Å². The second-order valence-electron chi connectivity index (χ2n) is 10.0. The molecule has 2 rings (SSSR count). The lowest BCUT2D eigenvalue weighted by molar-refractivity contribution is -0.139. The third-order valence-electron chi connectivity index (χ3n) is 5.91. The average molecular weight is 509 g/mol. The highest BCUT2D eigenvalue weighted by atomic mass is 16.6. The number of amides is 4. The first-order chi connectivity index (χ1) is 17.5. The van der Waals surface area contributed by atoms with E-state index >= 15 is 0 Å². The molecule has 2 unspecified atom stereocenters. The van der Waals surface area contributed by atoms with Gasteiger partial charge >= 0.3 is 6.09 Å². The van der Waals surface area contributed by atoms with Gasteiger partial charge < -0.3 is 21.1 Å². The van der Waals surface area contributed by atoms with Crippen LogP contribution in [0.2, 0.25) is 0 Å². The van der Waals surface area contributed by atoms with Gasteiger partial charge in [-0.25, -0.2) is 4.79 Å². The summed E-state index contributed by atoms with van der Waals surface area (Å²) in [7, 11) is 0. The maximum Gasteiger partial charge on any atom is 0.408 e. The molecule has 1 saturated carbocycles. The van der Waals surface area contributed by atoms with Crippen molar-refractivity contribution in [1.82, 2.24) is 15.5 Å². The van der Waals surface area contributed by atoms with E-state index in [2.05, 4.69) is 22.6 Å². The van der Waals surface area contributed by atoms with Crippen LogP contribution in [0.15, 0.2) is 24.3 Å². The highest BCUT2D eigenvalue weighted by molar-refractivity contribution is 5.94. The van der Waals surface area contributed by atoms with E-state index in [1.54, 1.807) is 45.0 Å². The van der Waals surface area contributed by atoms with Crippen LogP contribution in [-0.4, -0.2) is 46.4 Å². The van der Waals surface area contributed by atoms with Gasteiger partial charge in [0.25, 0.3) is 5.91 Å². The minimum atomic E-state index is -1.28. The van der Waals surface area contributed by atoms with E-state index in [4.69, 9.17) is 23.3 Å². The molecule has 9 heteroatoms. The van der Waals surface area contributed by atoms with Crippen molar-refractivity contribution >= 4 is 23.8 Å². The molecule has 198 valence electrons. The van der Waals surface area contributed by atoms with E-state index in [-0.39, 0.29) is 18.9 Å². The Morgan fingerprint density at radius 1 is 1.14 bits per heavy atom. The lowest BCUT2D eigenvalue weighted by Crippen LogP contribution is -2.52. The van der Waals surface area contributed by atoms with Gasteiger partial charge in [0.2, 0.25) is 11.8 Å². The van der Waals surface area contributed by atoms with Crippen LogP contribution >= 0.6 is 0 Å². The normalized spacial score (nSPS) is 15.3. The first-order valence-electron chi connectivity index (χ1n) is 12.4. The fraction of sp³-hybridized carbons (Fsp3) is 0.500. The van der Waals surface area contributed by atoms with Gasteiger partial charge in [-0.1, -0.05) is 49.8 Å². The molecular formula is C28H36N4O5. The first kappa shape index (κ1) is 29.3. The van der Waals surface area contributed by atoms with Gasteiger partial charge in [0.1, 0.15) is 17.7 Å². The van der Waals surface area contributed by atoms with Crippen LogP contribution in [0, 0.1) is 24.8 Å². The number of nitrogens with two attached hydrogens (primary N) is 1. The van der Waals surface area contributed by atoms with Crippen LogP contribution in [0.1, 0.15) is 82.9 Å². The highest BCUT2D eigenvalue weighted by Gasteiger charge is 2.37. The number of nitrogens with zero attached hydrogens (tertiary/aromatic N) is 1. The fourth-order valence-corrected chi connectivity index (χ4v) is 4.22. The number of nitrogens with one attached hydrogen (secondary N) is 2. The molecule has 4 N–H and O–H groups in total. The van der Waals surface area contributed by atoms with Crippen LogP contribution in [-0.2, 0) is 19.1 Å². The van der Waals surface area contributed by atoms with Crippen molar-refractivity contribution in [2.75, 3.05) is 0 Å². The number of terminal acetylenes is 2. The molecule has 0 heterocycles. The van der Waals surface area contributed by atoms with E-state index in [0.717, 1.165) is 37.0 Å². The van der Waals surface area contributed by atoms with Gasteiger partial charge in [0.15, 0.2) is 0 Å². The van der Waals surface area contributed by atoms with Crippen molar-refractivity contribution in [3.63, 3.8) is 0 Å². The van der Waals surface area contributed by atoms with E-state index < -0.39 is 41.5 Å². The van der Waals surface area contributed by atoms with Crippen LogP contribution in [0.3, 0.4) is 0 Å². The van der Waals surface area contributed by atoms with Crippen molar-refractivity contribution in [2.45, 2.75) is 89.4 Å². The van der Waals surface area contributed by atoms with Gasteiger partial charge in [-0.15, -0.1) is 6.42 Å². The molecule has 4 amide bonds. The average Bonchev–Trinajstić information content (AvgIpc) is 2.84. The molecule has 0 radical (unpaired) electrons. The van der Waals surface area contributed by atoms with Crippen molar-refractivity contribution < 1.29 is 23.9 Å². The second-order valence-corrected chi connectivity index (χ2v) is 10.0. The van der Waals surface area contributed by atoms with Gasteiger partial charge in [0, 0.05) is 29.6 Å². The Labute approximate surface area is 218 Å². The lowest BCUT2D eigenvalue weighted by Gasteiger charge is -2.32. The predicted molar refractivity (Wildman–Crippen MR) is 139 cm³/mol. The Morgan fingerprint density at radius 3 is 2.35 bits per heavy atom. The molecule has 9 nitrogen and oxygen atoms in total. The smallest absolute Gasteiger partial charge is 0.408 e. The summed E-state index contributed by atoms with van der Waals surface area (Å²) in [5, 5.41) is 5.49. The quantitative estimate of drug-likeness (QED) is 0.349. The third-order valence-corrected chi connectivity index (χ3v) is 5.91. The zero-order valence-electron chi connectivity index (χ0n) is 21.7. The Balaban J connectivity index is 2.45. The third kappa shape index (κ3) is 8.88. The molecule has 1 fully saturated rings. The van der Waals surface area contributed by atoms with Crippen molar-refractivity contribution in [3.05, 3.63) is 35.4 Å². The number of ether oxygens (including phenoxy) is 1. The topological polar surface area (TPSA) is 131 Å². The zero-order valence-corrected chi connectivity index (χ0v) is 21.7. The molecule has 1 aromatic rings. The molecule has 0 spiro atoms. The summed E-state index contributed by atoms with van der Waals surface area (Å²) in [5.74, 6) is 0.623. The summed E-state index contributed by atoms with van der Waals surface area (Å²) >= 11 is 0. The number of carbonyl (C=O) groups is 4. The van der Waals surface area contributed by atoms with Crippen molar-refractivity contribution in [2.24, 2.45) is 5.73 Å². The minimum Gasteiger partial charge on any atom is -0.444 e. The molecular weight excluding hydrogens is 472 g/mol. The summed E-state index contributed by atoms with van der Waals surface area (Å²) in [4.78, 5) is 52.2. The fourth-order valence-electron chi connectivity index (χ4n) is 4.22. The van der Waals surface area contributed by atoms with Crippen LogP contribution < -0.4 is 16.4 Å². The number of hydrogen-bond donors (Lipinski definition) is 3. The van der Waals surface area contributed by atoms with Crippen LogP contribution in [0.4, 0.5) is 4.79 Å². The number of alkyl carbamates (subject to hydrolysis) is 1. The number of hydrogen-bond acceptors (Lipinski definition) is 5. The molecule has 1 aliphatic carbocycles. The van der Waals surface area contributed by atoms with E-state index in [1.165, 1.54) is 0 Å². The number of rotatable bonds is 9. The van der Waals surface area contributed by atoms with Gasteiger partial charge in [0.05, 0.1) is 0 Å². The summed E-state index contributed by atoms with van der Waals surface area (Å²) < 4.78 is 5.27. The van der Waals surface area contributed by atoms with E-state index in [0.29, 0.717) is 11.1 Å². The van der Waals surface area contributed by atoms with Crippen molar-refractivity contribution in [3.8, 4) is 24.8 Å². The van der Waals surface area contributed by atoms with Crippen LogP contribution in [0.5, 0.6) is 0 Å². The van der Waals surface area contributed by atoms with Crippen molar-refractivity contribution in [1.29, 1.82) is 0 Å². The Bertz CT molecular complexity index is 1070. The summed E-state index contributed by atoms with van der Waals surface area (Å²) in [6, 6.07) is 6.42. The SMILES string of the molecule is C#Cc1ccccc1C(C(=O)NC1CCCCC1)N(C#C)C(=O)C(CCC(N)=O)NC(=O)OC(C)(C)C. The molecule has 0 saturated heterocycles. The van der Waals surface area contributed by atoms with Gasteiger partial charge in [-0.3, -0.25) is 19.3 Å². The van der Waals surface area contributed by atoms with E-state index in [1.807, 2.05) is 0 Å². The monoisotopic (exact) mass is 508 g/mol. The maximum atomic E-state index is 13.7. The second kappa shape index (κ2) is 13.4. The lowest BCUT2D eigenvalue weighted by atomic mass is 9.93.